The zero-order valence-electron chi connectivity index (χ0n) is 17.5. The number of halogens is 3. The van der Waals surface area contributed by atoms with E-state index in [0.29, 0.717) is 34.4 Å². The SMILES string of the molecule is Cc1ccc(C(F)(F)C(=O)NCc2scc3c2CN([C@H]2CCCC(=O)NC2=O)C3=O)cc1Cl. The van der Waals surface area contributed by atoms with Crippen molar-refractivity contribution >= 4 is 46.6 Å². The van der Waals surface area contributed by atoms with Crippen LogP contribution in [0.4, 0.5) is 8.78 Å². The molecule has 1 atom stereocenters. The molecular formula is C22H20ClF2N3O4S. The normalized spacial score (nSPS) is 18.7. The molecule has 4 amide bonds. The van der Waals surface area contributed by atoms with Gasteiger partial charge in [0.1, 0.15) is 6.04 Å². The van der Waals surface area contributed by atoms with Gasteiger partial charge in [0.25, 0.3) is 11.8 Å². The molecule has 11 heteroatoms. The Kier molecular flexibility index (Phi) is 6.24. The minimum atomic E-state index is -3.79. The van der Waals surface area contributed by atoms with Crippen LogP contribution in [0.5, 0.6) is 0 Å². The van der Waals surface area contributed by atoms with Crippen LogP contribution in [0.15, 0.2) is 23.6 Å². The second-order valence-corrected chi connectivity index (χ2v) is 9.40. The summed E-state index contributed by atoms with van der Waals surface area (Å²) in [7, 11) is 0. The largest absolute Gasteiger partial charge is 0.349 e. The summed E-state index contributed by atoms with van der Waals surface area (Å²) in [6, 6.07) is 2.86. The molecule has 1 aromatic heterocycles. The van der Waals surface area contributed by atoms with Gasteiger partial charge < -0.3 is 10.2 Å². The molecule has 33 heavy (non-hydrogen) atoms. The van der Waals surface area contributed by atoms with E-state index in [9.17, 15) is 28.0 Å². The molecule has 4 rings (SSSR count). The first-order valence-electron chi connectivity index (χ1n) is 10.3. The number of carbonyl (C=O) groups excluding carboxylic acids is 4. The van der Waals surface area contributed by atoms with Crippen molar-refractivity contribution in [2.24, 2.45) is 0 Å². The second kappa shape index (κ2) is 8.83. The Morgan fingerprint density at radius 1 is 1.33 bits per heavy atom. The van der Waals surface area contributed by atoms with Crippen molar-refractivity contribution in [3.63, 3.8) is 0 Å². The maximum atomic E-state index is 14.6. The summed E-state index contributed by atoms with van der Waals surface area (Å²) in [6.07, 6.45) is 1.04. The number of amides is 4. The molecule has 2 aliphatic heterocycles. The first-order chi connectivity index (χ1) is 15.6. The van der Waals surface area contributed by atoms with Crippen LogP contribution in [0.3, 0.4) is 0 Å². The van der Waals surface area contributed by atoms with Crippen LogP contribution < -0.4 is 10.6 Å². The van der Waals surface area contributed by atoms with Crippen molar-refractivity contribution in [3.8, 4) is 0 Å². The van der Waals surface area contributed by atoms with E-state index in [2.05, 4.69) is 10.6 Å². The summed E-state index contributed by atoms with van der Waals surface area (Å²) >= 11 is 7.10. The summed E-state index contributed by atoms with van der Waals surface area (Å²) in [5.41, 5.74) is 1.08. The average molecular weight is 496 g/mol. The zero-order chi connectivity index (χ0) is 23.9. The van der Waals surface area contributed by atoms with Gasteiger partial charge in [-0.15, -0.1) is 11.3 Å². The zero-order valence-corrected chi connectivity index (χ0v) is 19.1. The molecule has 1 saturated heterocycles. The molecule has 0 unspecified atom stereocenters. The summed E-state index contributed by atoms with van der Waals surface area (Å²) in [6.45, 7) is 1.59. The predicted octanol–water partition coefficient (Wildman–Crippen LogP) is 3.27. The second-order valence-electron chi connectivity index (χ2n) is 8.03. The van der Waals surface area contributed by atoms with Gasteiger partial charge in [0.2, 0.25) is 11.8 Å². The fourth-order valence-electron chi connectivity index (χ4n) is 3.93. The third-order valence-corrected chi connectivity index (χ3v) is 7.29. The van der Waals surface area contributed by atoms with Crippen molar-refractivity contribution in [2.75, 3.05) is 0 Å². The highest BCUT2D eigenvalue weighted by Crippen LogP contribution is 2.35. The quantitative estimate of drug-likeness (QED) is 0.622. The minimum Gasteiger partial charge on any atom is -0.346 e. The first-order valence-corrected chi connectivity index (χ1v) is 11.5. The monoisotopic (exact) mass is 495 g/mol. The molecule has 2 N–H and O–H groups in total. The Labute approximate surface area is 197 Å². The van der Waals surface area contributed by atoms with E-state index in [1.807, 2.05) is 0 Å². The van der Waals surface area contributed by atoms with Gasteiger partial charge in [0, 0.05) is 33.8 Å². The molecule has 0 bridgehead atoms. The van der Waals surface area contributed by atoms with Crippen molar-refractivity contribution in [1.29, 1.82) is 0 Å². The number of nitrogens with one attached hydrogen (secondary N) is 2. The Balaban J connectivity index is 1.46. The van der Waals surface area contributed by atoms with Crippen molar-refractivity contribution in [3.05, 3.63) is 55.7 Å². The molecule has 2 aromatic rings. The first kappa shape index (κ1) is 23.3. The molecule has 2 aliphatic rings. The lowest BCUT2D eigenvalue weighted by molar-refractivity contribution is -0.147. The number of thiophene rings is 1. The highest BCUT2D eigenvalue weighted by Gasteiger charge is 2.42. The third kappa shape index (κ3) is 4.37. The van der Waals surface area contributed by atoms with Crippen molar-refractivity contribution < 1.29 is 28.0 Å². The van der Waals surface area contributed by atoms with Crippen molar-refractivity contribution in [1.82, 2.24) is 15.5 Å². The number of rotatable bonds is 5. The lowest BCUT2D eigenvalue weighted by Gasteiger charge is -2.25. The molecular weight excluding hydrogens is 476 g/mol. The van der Waals surface area contributed by atoms with Crippen LogP contribution in [0.25, 0.3) is 0 Å². The Morgan fingerprint density at radius 3 is 2.82 bits per heavy atom. The molecule has 0 saturated carbocycles. The van der Waals surface area contributed by atoms with E-state index in [0.717, 1.165) is 12.1 Å². The van der Waals surface area contributed by atoms with Crippen LogP contribution >= 0.6 is 22.9 Å². The summed E-state index contributed by atoms with van der Waals surface area (Å²) < 4.78 is 29.3. The summed E-state index contributed by atoms with van der Waals surface area (Å²) in [5, 5.41) is 6.26. The standard InChI is InChI=1S/C22H20ClF2N3O4S/c1-11-5-6-12(7-15(11)23)22(24,25)21(32)26-8-17-13-9-28(20(31)14(13)10-33-17)16-3-2-4-18(29)27-19(16)30/h5-7,10,16H,2-4,8-9H2,1H3,(H,26,32)(H,27,29,30)/t16-/m0/s1. The molecule has 1 aromatic carbocycles. The number of nitrogens with zero attached hydrogens (tertiary/aromatic N) is 1. The fraction of sp³-hybridized carbons (Fsp3) is 0.364. The van der Waals surface area contributed by atoms with Gasteiger partial charge in [-0.3, -0.25) is 24.5 Å². The van der Waals surface area contributed by atoms with E-state index in [1.165, 1.54) is 22.3 Å². The number of carbonyl (C=O) groups is 4. The van der Waals surface area contributed by atoms with Crippen LogP contribution in [-0.4, -0.2) is 34.6 Å². The lowest BCUT2D eigenvalue weighted by Crippen LogP contribution is -2.47. The van der Waals surface area contributed by atoms with E-state index in [-0.39, 0.29) is 36.3 Å². The Hall–Kier alpha value is -2.85. The number of aryl methyl sites for hydroxylation is 1. The third-order valence-electron chi connectivity index (χ3n) is 5.85. The maximum Gasteiger partial charge on any atom is 0.349 e. The predicted molar refractivity (Wildman–Crippen MR) is 117 cm³/mol. The van der Waals surface area contributed by atoms with E-state index < -0.39 is 29.3 Å². The number of hydrogen-bond acceptors (Lipinski definition) is 5. The molecule has 7 nitrogen and oxygen atoms in total. The number of hydrogen-bond donors (Lipinski definition) is 2. The van der Waals surface area contributed by atoms with Gasteiger partial charge in [-0.25, -0.2) is 0 Å². The van der Waals surface area contributed by atoms with Gasteiger partial charge >= 0.3 is 5.92 Å². The molecule has 0 radical (unpaired) electrons. The smallest absolute Gasteiger partial charge is 0.346 e. The van der Waals surface area contributed by atoms with Gasteiger partial charge in [-0.1, -0.05) is 23.7 Å². The molecule has 1 fully saturated rings. The minimum absolute atomic E-state index is 0.110. The Bertz CT molecular complexity index is 1170. The summed E-state index contributed by atoms with van der Waals surface area (Å²) in [4.78, 5) is 51.0. The molecule has 0 aliphatic carbocycles. The lowest BCUT2D eigenvalue weighted by atomic mass is 10.1. The van der Waals surface area contributed by atoms with Crippen LogP contribution in [0, 0.1) is 6.92 Å². The van der Waals surface area contributed by atoms with E-state index in [4.69, 9.17) is 11.6 Å². The maximum absolute atomic E-state index is 14.6. The molecule has 0 spiro atoms. The van der Waals surface area contributed by atoms with Gasteiger partial charge in [-0.2, -0.15) is 8.78 Å². The average Bonchev–Trinajstić information content (AvgIpc) is 3.25. The fourth-order valence-corrected chi connectivity index (χ4v) is 5.09. The van der Waals surface area contributed by atoms with E-state index in [1.54, 1.807) is 12.3 Å². The number of benzene rings is 1. The number of imide groups is 1. The van der Waals surface area contributed by atoms with Gasteiger partial charge in [0.05, 0.1) is 12.1 Å². The highest BCUT2D eigenvalue weighted by molar-refractivity contribution is 7.10. The summed E-state index contributed by atoms with van der Waals surface area (Å²) in [5.74, 6) is -6.52. The van der Waals surface area contributed by atoms with Crippen LogP contribution in [-0.2, 0) is 33.4 Å². The van der Waals surface area contributed by atoms with Gasteiger partial charge in [-0.05, 0) is 37.0 Å². The van der Waals surface area contributed by atoms with Crippen LogP contribution in [0.2, 0.25) is 5.02 Å². The van der Waals surface area contributed by atoms with Crippen LogP contribution in [0.1, 0.15) is 51.2 Å². The molecule has 174 valence electrons. The molecule has 3 heterocycles. The number of alkyl halides is 2. The van der Waals surface area contributed by atoms with Gasteiger partial charge in [0.15, 0.2) is 0 Å². The number of fused-ring (bicyclic) bond motifs is 1. The van der Waals surface area contributed by atoms with Crippen molar-refractivity contribution in [2.45, 2.75) is 51.2 Å². The Morgan fingerprint density at radius 2 is 2.09 bits per heavy atom. The topological polar surface area (TPSA) is 95.6 Å². The van der Waals surface area contributed by atoms with E-state index >= 15 is 0 Å². The highest BCUT2D eigenvalue weighted by atomic mass is 35.5.